The Kier molecular flexibility index (Phi) is 4.26. The molecule has 0 aromatic carbocycles. The van der Waals surface area contributed by atoms with Crippen LogP contribution in [0.25, 0.3) is 0 Å². The molecule has 0 unspecified atom stereocenters. The van der Waals surface area contributed by atoms with Crippen LogP contribution in [0.4, 0.5) is 0 Å². The molecule has 0 atom stereocenters. The van der Waals surface area contributed by atoms with Crippen LogP contribution in [-0.4, -0.2) is 4.32 Å². The highest BCUT2D eigenvalue weighted by atomic mass is 79.9. The summed E-state index contributed by atoms with van der Waals surface area (Å²) in [6, 6.07) is 0. The summed E-state index contributed by atoms with van der Waals surface area (Å²) in [6.07, 6.45) is 3.35. The van der Waals surface area contributed by atoms with Crippen molar-refractivity contribution in [3.8, 4) is 0 Å². The highest BCUT2D eigenvalue weighted by Crippen LogP contribution is 2.34. The number of halogens is 1. The van der Waals surface area contributed by atoms with Gasteiger partial charge in [0.15, 0.2) is 0 Å². The summed E-state index contributed by atoms with van der Waals surface area (Å²) in [5.74, 6) is 0. The predicted molar refractivity (Wildman–Crippen MR) is 51.7 cm³/mol. The first-order valence-corrected chi connectivity index (χ1v) is 4.77. The molecule has 0 aromatic heterocycles. The van der Waals surface area contributed by atoms with Gasteiger partial charge in [-0.25, -0.2) is 0 Å². The van der Waals surface area contributed by atoms with Crippen LogP contribution in [0.2, 0.25) is 0 Å². The maximum Gasteiger partial charge on any atom is 0.0458 e. The third-order valence-electron chi connectivity index (χ3n) is 2.18. The summed E-state index contributed by atoms with van der Waals surface area (Å²) in [6.45, 7) is 10.6. The maximum absolute atomic E-state index is 4.04. The number of hydrogen-bond acceptors (Lipinski definition) is 0. The van der Waals surface area contributed by atoms with Crippen molar-refractivity contribution in [1.82, 2.24) is 0 Å². The monoisotopic (exact) mass is 204 g/mol. The molecule has 0 aliphatic rings. The van der Waals surface area contributed by atoms with E-state index in [2.05, 4.69) is 43.3 Å². The smallest absolute Gasteiger partial charge is 0.0458 e. The number of hydrogen-bond donors (Lipinski definition) is 0. The van der Waals surface area contributed by atoms with Crippen LogP contribution in [0.1, 0.15) is 40.0 Å². The molecule has 60 valence electrons. The van der Waals surface area contributed by atoms with Gasteiger partial charge in [-0.15, -0.1) is 0 Å². The summed E-state index contributed by atoms with van der Waals surface area (Å²) in [5, 5.41) is 0. The minimum atomic E-state index is 0.210. The molecule has 0 saturated heterocycles. The van der Waals surface area contributed by atoms with Crippen LogP contribution in [0.3, 0.4) is 0 Å². The molecule has 0 aromatic rings. The zero-order valence-corrected chi connectivity index (χ0v) is 8.79. The van der Waals surface area contributed by atoms with Crippen LogP contribution in [-0.2, 0) is 0 Å². The van der Waals surface area contributed by atoms with Crippen LogP contribution < -0.4 is 0 Å². The Bertz CT molecular complexity index is 112. The summed E-state index contributed by atoms with van der Waals surface area (Å²) < 4.78 is 0.210. The molecular formula is C9H17Br. The Morgan fingerprint density at radius 3 is 1.80 bits per heavy atom. The van der Waals surface area contributed by atoms with Crippen molar-refractivity contribution < 1.29 is 0 Å². The molecule has 0 spiro atoms. The van der Waals surface area contributed by atoms with Crippen LogP contribution >= 0.6 is 15.9 Å². The maximum atomic E-state index is 4.04. The van der Waals surface area contributed by atoms with E-state index < -0.39 is 0 Å². The molecule has 10 heavy (non-hydrogen) atoms. The van der Waals surface area contributed by atoms with E-state index in [9.17, 15) is 0 Å². The van der Waals surface area contributed by atoms with Gasteiger partial charge >= 0.3 is 0 Å². The standard InChI is InChI=1S/C9H17Br/c1-5-8(4)9(10,6-2)7-3/h4-7H2,1-3H3. The summed E-state index contributed by atoms with van der Waals surface area (Å²) >= 11 is 3.71. The van der Waals surface area contributed by atoms with Gasteiger partial charge in [0.1, 0.15) is 0 Å². The molecule has 0 fully saturated rings. The lowest BCUT2D eigenvalue weighted by molar-refractivity contribution is 0.623. The highest BCUT2D eigenvalue weighted by molar-refractivity contribution is 9.10. The van der Waals surface area contributed by atoms with E-state index in [1.165, 1.54) is 5.57 Å². The number of rotatable bonds is 4. The molecule has 0 aliphatic carbocycles. The Morgan fingerprint density at radius 1 is 1.30 bits per heavy atom. The average molecular weight is 205 g/mol. The molecule has 0 amide bonds. The Hall–Kier alpha value is 0.220. The molecule has 0 saturated carbocycles. The van der Waals surface area contributed by atoms with Gasteiger partial charge in [-0.3, -0.25) is 0 Å². The molecule has 1 heteroatoms. The summed E-state index contributed by atoms with van der Waals surface area (Å²) in [7, 11) is 0. The van der Waals surface area contributed by atoms with Gasteiger partial charge in [-0.05, 0) is 19.3 Å². The summed E-state index contributed by atoms with van der Waals surface area (Å²) in [5.41, 5.74) is 1.32. The summed E-state index contributed by atoms with van der Waals surface area (Å²) in [4.78, 5) is 0. The van der Waals surface area contributed by atoms with Crippen molar-refractivity contribution in [1.29, 1.82) is 0 Å². The Labute approximate surface area is 72.8 Å². The molecule has 0 bridgehead atoms. The first kappa shape index (κ1) is 10.2. The lowest BCUT2D eigenvalue weighted by Gasteiger charge is -2.26. The van der Waals surface area contributed by atoms with E-state index in [1.54, 1.807) is 0 Å². The van der Waals surface area contributed by atoms with Gasteiger partial charge in [0.2, 0.25) is 0 Å². The molecule has 0 aliphatic heterocycles. The fourth-order valence-corrected chi connectivity index (χ4v) is 1.35. The molecule has 0 N–H and O–H groups in total. The topological polar surface area (TPSA) is 0 Å². The van der Waals surface area contributed by atoms with E-state index >= 15 is 0 Å². The Morgan fingerprint density at radius 2 is 1.70 bits per heavy atom. The van der Waals surface area contributed by atoms with Gasteiger partial charge in [-0.2, -0.15) is 0 Å². The van der Waals surface area contributed by atoms with E-state index in [0.29, 0.717) is 0 Å². The van der Waals surface area contributed by atoms with E-state index in [-0.39, 0.29) is 4.32 Å². The van der Waals surface area contributed by atoms with Crippen LogP contribution in [0, 0.1) is 0 Å². The fourth-order valence-electron chi connectivity index (χ4n) is 1.07. The van der Waals surface area contributed by atoms with E-state index in [4.69, 9.17) is 0 Å². The van der Waals surface area contributed by atoms with Crippen LogP contribution in [0.15, 0.2) is 12.2 Å². The minimum absolute atomic E-state index is 0.210. The van der Waals surface area contributed by atoms with Crippen LogP contribution in [0.5, 0.6) is 0 Å². The van der Waals surface area contributed by atoms with Crippen molar-refractivity contribution in [2.75, 3.05) is 0 Å². The van der Waals surface area contributed by atoms with Gasteiger partial charge in [-0.1, -0.05) is 48.9 Å². The first-order valence-electron chi connectivity index (χ1n) is 3.97. The van der Waals surface area contributed by atoms with Crippen molar-refractivity contribution in [2.45, 2.75) is 44.4 Å². The van der Waals surface area contributed by atoms with Crippen molar-refractivity contribution in [3.05, 3.63) is 12.2 Å². The molecular weight excluding hydrogens is 188 g/mol. The van der Waals surface area contributed by atoms with Crippen molar-refractivity contribution in [3.63, 3.8) is 0 Å². The second-order valence-corrected chi connectivity index (χ2v) is 4.15. The molecule has 0 nitrogen and oxygen atoms in total. The highest BCUT2D eigenvalue weighted by Gasteiger charge is 2.23. The van der Waals surface area contributed by atoms with Crippen molar-refractivity contribution >= 4 is 15.9 Å². The molecule has 0 radical (unpaired) electrons. The molecule has 0 heterocycles. The van der Waals surface area contributed by atoms with E-state index in [1.807, 2.05) is 0 Å². The predicted octanol–water partition coefficient (Wildman–Crippen LogP) is 3.91. The normalized spacial score (nSPS) is 11.6. The average Bonchev–Trinajstić information content (AvgIpc) is 2.01. The third-order valence-corrected chi connectivity index (χ3v) is 3.86. The first-order chi connectivity index (χ1) is 4.60. The van der Waals surface area contributed by atoms with Gasteiger partial charge in [0.25, 0.3) is 0 Å². The van der Waals surface area contributed by atoms with Gasteiger partial charge < -0.3 is 0 Å². The van der Waals surface area contributed by atoms with E-state index in [0.717, 1.165) is 19.3 Å². The van der Waals surface area contributed by atoms with Gasteiger partial charge in [0, 0.05) is 4.32 Å². The zero-order chi connectivity index (χ0) is 8.20. The SMILES string of the molecule is C=C(CC)C(Br)(CC)CC. The second kappa shape index (κ2) is 4.17. The quantitative estimate of drug-likeness (QED) is 0.482. The number of alkyl halides is 1. The number of allylic oxidation sites excluding steroid dienone is 1. The minimum Gasteiger partial charge on any atom is -0.0985 e. The zero-order valence-electron chi connectivity index (χ0n) is 7.21. The van der Waals surface area contributed by atoms with Crippen molar-refractivity contribution in [2.24, 2.45) is 0 Å². The largest absolute Gasteiger partial charge is 0.0985 e. The lowest BCUT2D eigenvalue weighted by Crippen LogP contribution is -2.20. The fraction of sp³-hybridized carbons (Fsp3) is 0.778. The lowest BCUT2D eigenvalue weighted by atomic mass is 9.93. The van der Waals surface area contributed by atoms with Gasteiger partial charge in [0.05, 0.1) is 0 Å². The molecule has 0 rings (SSSR count). The second-order valence-electron chi connectivity index (χ2n) is 2.63. The Balaban J connectivity index is 4.17. The third kappa shape index (κ3) is 2.12.